The molecule has 1 aromatic carbocycles. The maximum absolute atomic E-state index is 11.7. The number of ketones is 1. The van der Waals surface area contributed by atoms with Crippen LogP contribution >= 0.6 is 15.9 Å². The summed E-state index contributed by atoms with van der Waals surface area (Å²) in [4.78, 5) is 21.4. The number of aliphatic carboxylic acids is 1. The third-order valence-corrected chi connectivity index (χ3v) is 2.71. The van der Waals surface area contributed by atoms with E-state index >= 15 is 0 Å². The average molecular weight is 271 g/mol. The van der Waals surface area contributed by atoms with Crippen LogP contribution in [0.1, 0.15) is 22.3 Å². The fourth-order valence-electron chi connectivity index (χ4n) is 1.14. The smallest absolute Gasteiger partial charge is 0.304 e. The molecule has 1 N–H and O–H groups in total. The maximum atomic E-state index is 11.7. The predicted octanol–water partition coefficient (Wildman–Crippen LogP) is 2.42. The number of hydrogen-bond donors (Lipinski definition) is 1. The van der Waals surface area contributed by atoms with Gasteiger partial charge >= 0.3 is 5.97 Å². The van der Waals surface area contributed by atoms with Crippen molar-refractivity contribution in [3.63, 3.8) is 0 Å². The molecule has 0 saturated heterocycles. The lowest BCUT2D eigenvalue weighted by molar-refractivity contribution is -0.136. The van der Waals surface area contributed by atoms with Crippen LogP contribution in [0, 0.1) is 6.92 Å². The topological polar surface area (TPSA) is 54.4 Å². The number of halogens is 1. The van der Waals surface area contributed by atoms with Crippen LogP contribution < -0.4 is 0 Å². The van der Waals surface area contributed by atoms with Crippen molar-refractivity contribution in [2.45, 2.75) is 18.2 Å². The minimum absolute atomic E-state index is 0.197. The van der Waals surface area contributed by atoms with Gasteiger partial charge in [-0.05, 0) is 6.92 Å². The van der Waals surface area contributed by atoms with E-state index in [2.05, 4.69) is 15.9 Å². The van der Waals surface area contributed by atoms with Crippen molar-refractivity contribution in [1.29, 1.82) is 0 Å². The number of rotatable bonds is 4. The highest BCUT2D eigenvalue weighted by Gasteiger charge is 2.19. The molecule has 80 valence electrons. The minimum atomic E-state index is -0.989. The molecule has 0 saturated carbocycles. The van der Waals surface area contributed by atoms with Crippen LogP contribution in [-0.4, -0.2) is 21.7 Å². The van der Waals surface area contributed by atoms with Gasteiger partial charge in [0.15, 0.2) is 5.78 Å². The van der Waals surface area contributed by atoms with Crippen LogP contribution in [0.25, 0.3) is 0 Å². The molecular formula is C11H11BrO3. The molecule has 0 aliphatic heterocycles. The Bertz CT molecular complexity index is 370. The first kappa shape index (κ1) is 11.9. The summed E-state index contributed by atoms with van der Waals surface area (Å²) in [6.07, 6.45) is -0.202. The van der Waals surface area contributed by atoms with Gasteiger partial charge in [-0.3, -0.25) is 9.59 Å². The van der Waals surface area contributed by atoms with Gasteiger partial charge in [0.05, 0.1) is 11.2 Å². The molecule has 0 amide bonds. The quantitative estimate of drug-likeness (QED) is 0.675. The highest BCUT2D eigenvalue weighted by Crippen LogP contribution is 2.14. The number of alkyl halides is 1. The summed E-state index contributed by atoms with van der Waals surface area (Å²) in [6, 6.07) is 7.06. The Labute approximate surface area is 96.2 Å². The van der Waals surface area contributed by atoms with E-state index in [1.807, 2.05) is 19.1 Å². The van der Waals surface area contributed by atoms with Crippen molar-refractivity contribution >= 4 is 27.7 Å². The number of benzene rings is 1. The second-order valence-corrected chi connectivity index (χ2v) is 4.40. The molecule has 15 heavy (non-hydrogen) atoms. The summed E-state index contributed by atoms with van der Waals surface area (Å²) in [5, 5.41) is 8.54. The van der Waals surface area contributed by atoms with E-state index in [0.29, 0.717) is 5.56 Å². The normalized spacial score (nSPS) is 12.1. The van der Waals surface area contributed by atoms with Crippen LogP contribution in [0.4, 0.5) is 0 Å². The Balaban J connectivity index is 2.76. The van der Waals surface area contributed by atoms with Crippen LogP contribution in [-0.2, 0) is 4.79 Å². The molecule has 0 spiro atoms. The molecule has 4 heteroatoms. The monoisotopic (exact) mass is 270 g/mol. The van der Waals surface area contributed by atoms with Gasteiger partial charge in [-0.2, -0.15) is 0 Å². The van der Waals surface area contributed by atoms with Crippen molar-refractivity contribution in [2.24, 2.45) is 0 Å². The predicted molar refractivity (Wildman–Crippen MR) is 60.5 cm³/mol. The summed E-state index contributed by atoms with van der Waals surface area (Å²) in [6.45, 7) is 1.93. The third kappa shape index (κ3) is 3.47. The van der Waals surface area contributed by atoms with Gasteiger partial charge in [0, 0.05) is 5.56 Å². The van der Waals surface area contributed by atoms with Crippen LogP contribution in [0.2, 0.25) is 0 Å². The summed E-state index contributed by atoms with van der Waals surface area (Å²) < 4.78 is 0. The first-order valence-electron chi connectivity index (χ1n) is 4.47. The minimum Gasteiger partial charge on any atom is -0.481 e. The highest BCUT2D eigenvalue weighted by molar-refractivity contribution is 9.10. The van der Waals surface area contributed by atoms with Crippen molar-refractivity contribution in [2.75, 3.05) is 0 Å². The molecule has 1 rings (SSSR count). The van der Waals surface area contributed by atoms with Crippen LogP contribution in [0.3, 0.4) is 0 Å². The summed E-state index contributed by atoms with van der Waals surface area (Å²) >= 11 is 3.07. The molecule has 0 radical (unpaired) electrons. The number of aryl methyl sites for hydroxylation is 1. The maximum Gasteiger partial charge on any atom is 0.304 e. The van der Waals surface area contributed by atoms with E-state index in [-0.39, 0.29) is 12.2 Å². The number of carbonyl (C=O) groups excluding carboxylic acids is 1. The van der Waals surface area contributed by atoms with Crippen molar-refractivity contribution in [3.05, 3.63) is 35.4 Å². The molecule has 0 aromatic heterocycles. The number of carboxylic acid groups (broad SMARTS) is 1. The Morgan fingerprint density at radius 3 is 2.33 bits per heavy atom. The van der Waals surface area contributed by atoms with Crippen molar-refractivity contribution < 1.29 is 14.7 Å². The highest BCUT2D eigenvalue weighted by atomic mass is 79.9. The zero-order valence-electron chi connectivity index (χ0n) is 8.24. The van der Waals surface area contributed by atoms with E-state index in [0.717, 1.165) is 5.56 Å². The molecule has 0 fully saturated rings. The lowest BCUT2D eigenvalue weighted by atomic mass is 10.1. The lowest BCUT2D eigenvalue weighted by Crippen LogP contribution is -2.18. The Morgan fingerprint density at radius 1 is 1.33 bits per heavy atom. The van der Waals surface area contributed by atoms with Crippen LogP contribution in [0.5, 0.6) is 0 Å². The van der Waals surface area contributed by atoms with Crippen molar-refractivity contribution in [3.8, 4) is 0 Å². The molecule has 0 unspecified atom stereocenters. The molecular weight excluding hydrogens is 260 g/mol. The summed E-state index contributed by atoms with van der Waals surface area (Å²) in [7, 11) is 0. The van der Waals surface area contributed by atoms with E-state index in [9.17, 15) is 9.59 Å². The van der Waals surface area contributed by atoms with Gasteiger partial charge in [-0.1, -0.05) is 45.8 Å². The summed E-state index contributed by atoms with van der Waals surface area (Å²) in [5.74, 6) is -1.19. The Hall–Kier alpha value is -1.16. The van der Waals surface area contributed by atoms with Gasteiger partial charge in [0.2, 0.25) is 0 Å². The molecule has 0 bridgehead atoms. The average Bonchev–Trinajstić information content (AvgIpc) is 2.17. The van der Waals surface area contributed by atoms with E-state index in [1.165, 1.54) is 0 Å². The number of carbonyl (C=O) groups is 2. The molecule has 1 atom stereocenters. The van der Waals surface area contributed by atoms with Gasteiger partial charge in [0.1, 0.15) is 0 Å². The van der Waals surface area contributed by atoms with Gasteiger partial charge in [-0.15, -0.1) is 0 Å². The second-order valence-electron chi connectivity index (χ2n) is 3.30. The SMILES string of the molecule is Cc1ccc(C(=O)[C@H](Br)CC(=O)O)cc1. The molecule has 3 nitrogen and oxygen atoms in total. The van der Waals surface area contributed by atoms with E-state index in [4.69, 9.17) is 5.11 Å². The Kier molecular flexibility index (Phi) is 4.03. The second kappa shape index (κ2) is 5.07. The fourth-order valence-corrected chi connectivity index (χ4v) is 1.69. The zero-order chi connectivity index (χ0) is 11.4. The van der Waals surface area contributed by atoms with Gasteiger partial charge < -0.3 is 5.11 Å². The zero-order valence-corrected chi connectivity index (χ0v) is 9.82. The molecule has 0 aliphatic carbocycles. The first-order valence-corrected chi connectivity index (χ1v) is 5.39. The van der Waals surface area contributed by atoms with Crippen LogP contribution in [0.15, 0.2) is 24.3 Å². The molecule has 1 aromatic rings. The van der Waals surface area contributed by atoms with E-state index < -0.39 is 10.8 Å². The number of carboxylic acids is 1. The Morgan fingerprint density at radius 2 is 1.87 bits per heavy atom. The summed E-state index contributed by atoms with van der Waals surface area (Å²) in [5.41, 5.74) is 1.60. The molecule has 0 heterocycles. The first-order chi connectivity index (χ1) is 7.00. The third-order valence-electron chi connectivity index (χ3n) is 1.97. The number of hydrogen-bond acceptors (Lipinski definition) is 2. The molecule has 0 aliphatic rings. The van der Waals surface area contributed by atoms with Gasteiger partial charge in [0.25, 0.3) is 0 Å². The van der Waals surface area contributed by atoms with Gasteiger partial charge in [-0.25, -0.2) is 0 Å². The fraction of sp³-hybridized carbons (Fsp3) is 0.273. The van der Waals surface area contributed by atoms with Crippen molar-refractivity contribution in [1.82, 2.24) is 0 Å². The number of Topliss-reactive ketones (excluding diaryl/α,β-unsaturated/α-hetero) is 1. The lowest BCUT2D eigenvalue weighted by Gasteiger charge is -2.06. The largest absolute Gasteiger partial charge is 0.481 e. The standard InChI is InChI=1S/C11H11BrO3/c1-7-2-4-8(5-3-7)11(15)9(12)6-10(13)14/h2-5,9H,6H2,1H3,(H,13,14)/t9-/m1/s1. The van der Waals surface area contributed by atoms with E-state index in [1.54, 1.807) is 12.1 Å².